The zero-order chi connectivity index (χ0) is 25.1. The highest BCUT2D eigenvalue weighted by Gasteiger charge is 2.67. The number of ether oxygens (including phenoxy) is 2. The van der Waals surface area contributed by atoms with E-state index < -0.39 is 0 Å². The van der Waals surface area contributed by atoms with E-state index in [1.165, 1.54) is 5.39 Å². The number of amides is 2. The predicted molar refractivity (Wildman–Crippen MR) is 140 cm³/mol. The number of hydrogen-bond donors (Lipinski definition) is 0. The van der Waals surface area contributed by atoms with Gasteiger partial charge < -0.3 is 9.47 Å². The minimum atomic E-state index is -0.243. The summed E-state index contributed by atoms with van der Waals surface area (Å²) in [5.41, 5.74) is 1.83. The Morgan fingerprint density at radius 3 is 2.38 bits per heavy atom. The first-order valence-electron chi connectivity index (χ1n) is 13.1. The Labute approximate surface area is 215 Å². The number of fused-ring (bicyclic) bond motifs is 1. The molecule has 3 aromatic carbocycles. The van der Waals surface area contributed by atoms with E-state index in [4.69, 9.17) is 9.47 Å². The van der Waals surface area contributed by atoms with E-state index in [-0.39, 0.29) is 35.5 Å². The number of nitrogens with zero attached hydrogens (tertiary/aromatic N) is 2. The predicted octanol–water partition coefficient (Wildman–Crippen LogP) is 5.20. The van der Waals surface area contributed by atoms with Crippen LogP contribution in [-0.4, -0.2) is 29.6 Å². The summed E-state index contributed by atoms with van der Waals surface area (Å²) >= 11 is 0. The van der Waals surface area contributed by atoms with Crippen LogP contribution >= 0.6 is 0 Å². The van der Waals surface area contributed by atoms with E-state index in [0.29, 0.717) is 36.5 Å². The van der Waals surface area contributed by atoms with Crippen LogP contribution in [0.5, 0.6) is 11.5 Å². The summed E-state index contributed by atoms with van der Waals surface area (Å²) in [4.78, 5) is 26.3. The minimum absolute atomic E-state index is 0.156. The molecule has 2 amide bonds. The first-order chi connectivity index (χ1) is 18.1. The standard InChI is InChI=1S/C31H28N2O4/c1-2-36-27-14-18(10-13-26(27)37-17-20-8-5-7-19-6-3-4-9-21(19)20)16-32-33-30(34)28-22-11-12-23(25-15-24(22)25)29(28)31(33)35/h3-14,16,22-25,28-29H,2,15,17H2,1H3/b32-16-/t22-,23-,24-,25+,28+,29+/m1/s1. The van der Waals surface area contributed by atoms with Gasteiger partial charge in [-0.15, -0.1) is 0 Å². The topological polar surface area (TPSA) is 68.2 Å². The van der Waals surface area contributed by atoms with Crippen LogP contribution in [0.4, 0.5) is 0 Å². The summed E-state index contributed by atoms with van der Waals surface area (Å²) in [5.74, 6) is 1.97. The van der Waals surface area contributed by atoms with Crippen LogP contribution < -0.4 is 9.47 Å². The van der Waals surface area contributed by atoms with E-state index in [2.05, 4.69) is 41.5 Å². The molecule has 0 unspecified atom stereocenters. The molecule has 2 saturated carbocycles. The SMILES string of the molecule is CCOc1cc(/C=N\N2C(=O)[C@H]3[C@@H]4C=C[C@H]([C@@H]5C[C@H]45)[C@@H]3C2=O)ccc1OCc1cccc2ccccc12. The van der Waals surface area contributed by atoms with Crippen LogP contribution in [0.3, 0.4) is 0 Å². The maximum atomic E-state index is 13.2. The van der Waals surface area contributed by atoms with Gasteiger partial charge in [0.05, 0.1) is 24.7 Å². The third-order valence-corrected chi connectivity index (χ3v) is 8.49. The number of benzene rings is 3. The minimum Gasteiger partial charge on any atom is -0.490 e. The van der Waals surface area contributed by atoms with Gasteiger partial charge in [0.25, 0.3) is 11.8 Å². The van der Waals surface area contributed by atoms with Gasteiger partial charge in [0.2, 0.25) is 0 Å². The number of carbonyl (C=O) groups excluding carboxylic acids is 2. The fraction of sp³-hybridized carbons (Fsp3) is 0.323. The lowest BCUT2D eigenvalue weighted by Crippen LogP contribution is -2.40. The van der Waals surface area contributed by atoms with Gasteiger partial charge in [0.1, 0.15) is 6.61 Å². The average Bonchev–Trinajstić information content (AvgIpc) is 3.71. The van der Waals surface area contributed by atoms with Gasteiger partial charge in [-0.2, -0.15) is 10.1 Å². The molecule has 1 saturated heterocycles. The molecule has 3 fully saturated rings. The van der Waals surface area contributed by atoms with Crippen molar-refractivity contribution in [3.63, 3.8) is 0 Å². The summed E-state index contributed by atoms with van der Waals surface area (Å²) in [6, 6.07) is 20.0. The maximum Gasteiger partial charge on any atom is 0.254 e. The van der Waals surface area contributed by atoms with Crippen molar-refractivity contribution >= 4 is 28.8 Å². The van der Waals surface area contributed by atoms with Crippen molar-refractivity contribution in [3.8, 4) is 11.5 Å². The molecular weight excluding hydrogens is 464 g/mol. The van der Waals surface area contributed by atoms with Crippen LogP contribution in [0, 0.1) is 35.5 Å². The second kappa shape index (κ2) is 8.58. The zero-order valence-corrected chi connectivity index (χ0v) is 20.6. The molecule has 6 atom stereocenters. The number of allylic oxidation sites excluding steroid dienone is 2. The number of imide groups is 1. The Hall–Kier alpha value is -3.93. The average molecular weight is 493 g/mol. The number of rotatable bonds is 7. The summed E-state index contributed by atoms with van der Waals surface area (Å²) in [7, 11) is 0. The first kappa shape index (κ1) is 22.3. The monoisotopic (exact) mass is 492 g/mol. The Morgan fingerprint density at radius 2 is 1.62 bits per heavy atom. The van der Waals surface area contributed by atoms with Crippen LogP contribution in [0.25, 0.3) is 10.8 Å². The van der Waals surface area contributed by atoms with Gasteiger partial charge in [-0.05, 0) is 77.1 Å². The highest BCUT2D eigenvalue weighted by molar-refractivity contribution is 6.06. The lowest BCUT2D eigenvalue weighted by atomic mass is 9.63. The number of carbonyl (C=O) groups is 2. The van der Waals surface area contributed by atoms with Crippen LogP contribution in [0.2, 0.25) is 0 Å². The lowest BCUT2D eigenvalue weighted by molar-refractivity contribution is -0.140. The molecule has 186 valence electrons. The quantitative estimate of drug-likeness (QED) is 0.258. The molecule has 5 aliphatic rings. The molecule has 8 rings (SSSR count). The Balaban J connectivity index is 1.10. The summed E-state index contributed by atoms with van der Waals surface area (Å²) in [5, 5.41) is 7.80. The fourth-order valence-electron chi connectivity index (χ4n) is 6.75. The lowest BCUT2D eigenvalue weighted by Gasteiger charge is -2.37. The Kier molecular flexibility index (Phi) is 5.17. The smallest absolute Gasteiger partial charge is 0.254 e. The maximum absolute atomic E-state index is 13.2. The van der Waals surface area contributed by atoms with Gasteiger partial charge >= 0.3 is 0 Å². The van der Waals surface area contributed by atoms with Crippen molar-refractivity contribution in [2.75, 3.05) is 6.61 Å². The third-order valence-electron chi connectivity index (χ3n) is 8.49. The summed E-state index contributed by atoms with van der Waals surface area (Å²) in [6.45, 7) is 2.81. The number of hydrogen-bond acceptors (Lipinski definition) is 5. The first-order valence-corrected chi connectivity index (χ1v) is 13.1. The molecule has 6 heteroatoms. The molecule has 0 radical (unpaired) electrons. The van der Waals surface area contributed by atoms with Crippen molar-refractivity contribution in [2.45, 2.75) is 20.0 Å². The van der Waals surface area contributed by atoms with E-state index in [1.807, 2.05) is 43.3 Å². The summed E-state index contributed by atoms with van der Waals surface area (Å²) in [6.07, 6.45) is 7.06. The molecule has 2 bridgehead atoms. The molecule has 37 heavy (non-hydrogen) atoms. The van der Waals surface area contributed by atoms with E-state index in [1.54, 1.807) is 6.21 Å². The highest BCUT2D eigenvalue weighted by Crippen LogP contribution is 2.65. The van der Waals surface area contributed by atoms with Gasteiger partial charge in [0, 0.05) is 0 Å². The van der Waals surface area contributed by atoms with Crippen molar-refractivity contribution in [3.05, 3.63) is 83.9 Å². The van der Waals surface area contributed by atoms with E-state index in [0.717, 1.165) is 27.9 Å². The molecule has 6 nitrogen and oxygen atoms in total. The molecule has 4 aliphatic carbocycles. The molecule has 0 N–H and O–H groups in total. The van der Waals surface area contributed by atoms with Crippen molar-refractivity contribution in [1.82, 2.24) is 5.01 Å². The molecule has 0 spiro atoms. The largest absolute Gasteiger partial charge is 0.490 e. The second-order valence-corrected chi connectivity index (χ2v) is 10.5. The normalized spacial score (nSPS) is 29.2. The van der Waals surface area contributed by atoms with E-state index >= 15 is 0 Å². The van der Waals surface area contributed by atoms with Crippen molar-refractivity contribution < 1.29 is 19.1 Å². The Bertz CT molecular complexity index is 1440. The van der Waals surface area contributed by atoms with Crippen LogP contribution in [0.1, 0.15) is 24.5 Å². The van der Waals surface area contributed by atoms with Gasteiger partial charge in [-0.25, -0.2) is 0 Å². The van der Waals surface area contributed by atoms with E-state index in [9.17, 15) is 9.59 Å². The molecule has 0 aromatic heterocycles. The summed E-state index contributed by atoms with van der Waals surface area (Å²) < 4.78 is 12.0. The third kappa shape index (κ3) is 3.57. The second-order valence-electron chi connectivity index (χ2n) is 10.5. The highest BCUT2D eigenvalue weighted by atomic mass is 16.5. The van der Waals surface area contributed by atoms with Crippen molar-refractivity contribution in [1.29, 1.82) is 0 Å². The zero-order valence-electron chi connectivity index (χ0n) is 20.6. The molecular formula is C31H28N2O4. The van der Waals surface area contributed by atoms with Gasteiger partial charge in [-0.1, -0.05) is 54.6 Å². The molecule has 3 aromatic rings. The van der Waals surface area contributed by atoms with Gasteiger partial charge in [0.15, 0.2) is 11.5 Å². The van der Waals surface area contributed by atoms with Crippen LogP contribution in [-0.2, 0) is 16.2 Å². The molecule has 1 aliphatic heterocycles. The molecule has 1 heterocycles. The number of hydrazone groups is 1. The fourth-order valence-corrected chi connectivity index (χ4v) is 6.75. The van der Waals surface area contributed by atoms with Crippen LogP contribution in [0.15, 0.2) is 77.9 Å². The Morgan fingerprint density at radius 1 is 0.892 bits per heavy atom. The van der Waals surface area contributed by atoms with Crippen molar-refractivity contribution in [2.24, 2.45) is 40.6 Å². The van der Waals surface area contributed by atoms with Gasteiger partial charge in [-0.3, -0.25) is 9.59 Å².